The van der Waals surface area contributed by atoms with E-state index in [4.69, 9.17) is 4.74 Å². The van der Waals surface area contributed by atoms with Crippen LogP contribution in [0.1, 0.15) is 58.9 Å². The van der Waals surface area contributed by atoms with E-state index in [0.717, 1.165) is 25.3 Å². The fraction of sp³-hybridized carbons (Fsp3) is 0.720. The third kappa shape index (κ3) is 6.19. The highest BCUT2D eigenvalue weighted by Gasteiger charge is 2.40. The molecule has 174 valence electrons. The monoisotopic (exact) mass is 434 g/mol. The molecular formula is C25H39FN2O3. The zero-order valence-corrected chi connectivity index (χ0v) is 19.8. The van der Waals surface area contributed by atoms with Crippen LogP contribution >= 0.6 is 0 Å². The van der Waals surface area contributed by atoms with E-state index < -0.39 is 5.60 Å². The van der Waals surface area contributed by atoms with Gasteiger partial charge in [0.05, 0.1) is 6.54 Å². The Labute approximate surface area is 186 Å². The largest absolute Gasteiger partial charge is 0.490 e. The lowest BCUT2D eigenvalue weighted by Crippen LogP contribution is -2.53. The van der Waals surface area contributed by atoms with Crippen molar-refractivity contribution in [1.29, 1.82) is 0 Å². The van der Waals surface area contributed by atoms with Crippen molar-refractivity contribution in [2.75, 3.05) is 32.8 Å². The van der Waals surface area contributed by atoms with Crippen LogP contribution in [0, 0.1) is 24.1 Å². The van der Waals surface area contributed by atoms with Crippen molar-refractivity contribution >= 4 is 5.91 Å². The summed E-state index contributed by atoms with van der Waals surface area (Å²) in [5, 5.41) is 11.5. The molecule has 1 aromatic rings. The second kappa shape index (κ2) is 9.45. The van der Waals surface area contributed by atoms with Crippen LogP contribution in [0.4, 0.5) is 4.39 Å². The summed E-state index contributed by atoms with van der Waals surface area (Å²) < 4.78 is 19.4. The maximum absolute atomic E-state index is 13.6. The molecule has 1 N–H and O–H groups in total. The molecule has 1 atom stereocenters. The van der Waals surface area contributed by atoms with Crippen molar-refractivity contribution in [2.45, 2.75) is 71.9 Å². The number of nitrogens with zero attached hydrogens (tertiary/aromatic N) is 2. The first-order chi connectivity index (χ1) is 14.5. The van der Waals surface area contributed by atoms with E-state index in [2.05, 4.69) is 25.7 Å². The fourth-order valence-electron chi connectivity index (χ4n) is 5.09. The molecule has 1 amide bonds. The Morgan fingerprint density at radius 2 is 1.87 bits per heavy atom. The number of ether oxygens (including phenoxy) is 1. The number of halogens is 1. The third-order valence-electron chi connectivity index (χ3n) is 7.16. The SMILES string of the molecule is CC(=O)N1CCN(C2CCC(C(C)(C)C)CC2)CC(O)(COc2ccc(F)c(C)c2)C1. The molecule has 0 aromatic heterocycles. The number of hydrogen-bond donors (Lipinski definition) is 1. The van der Waals surface area contributed by atoms with E-state index in [1.807, 2.05) is 0 Å². The first-order valence-corrected chi connectivity index (χ1v) is 11.6. The zero-order valence-electron chi connectivity index (χ0n) is 19.8. The molecule has 1 saturated heterocycles. The molecule has 2 aliphatic rings. The van der Waals surface area contributed by atoms with E-state index in [1.165, 1.54) is 18.9 Å². The van der Waals surface area contributed by atoms with Crippen molar-refractivity contribution in [3.8, 4) is 5.75 Å². The van der Waals surface area contributed by atoms with E-state index >= 15 is 0 Å². The maximum Gasteiger partial charge on any atom is 0.219 e. The molecule has 0 radical (unpaired) electrons. The van der Waals surface area contributed by atoms with Crippen LogP contribution in [0.2, 0.25) is 0 Å². The summed E-state index contributed by atoms with van der Waals surface area (Å²) in [6, 6.07) is 5.02. The second-order valence-electron chi connectivity index (χ2n) is 10.7. The van der Waals surface area contributed by atoms with Gasteiger partial charge in [-0.2, -0.15) is 0 Å². The molecule has 2 fully saturated rings. The smallest absolute Gasteiger partial charge is 0.219 e. The van der Waals surface area contributed by atoms with Crippen LogP contribution < -0.4 is 4.74 Å². The average Bonchev–Trinajstić information content (AvgIpc) is 2.88. The summed E-state index contributed by atoms with van der Waals surface area (Å²) in [6.45, 7) is 12.4. The van der Waals surface area contributed by atoms with Crippen LogP contribution in [0.3, 0.4) is 0 Å². The van der Waals surface area contributed by atoms with E-state index in [-0.39, 0.29) is 24.9 Å². The minimum absolute atomic E-state index is 0.0330. The molecule has 3 rings (SSSR count). The number of aryl methyl sites for hydroxylation is 1. The number of hydrogen-bond acceptors (Lipinski definition) is 4. The third-order valence-corrected chi connectivity index (χ3v) is 7.16. The molecule has 0 bridgehead atoms. The summed E-state index contributed by atoms with van der Waals surface area (Å²) >= 11 is 0. The predicted molar refractivity (Wildman–Crippen MR) is 121 cm³/mol. The summed E-state index contributed by atoms with van der Waals surface area (Å²) in [5.74, 6) is 0.950. The highest BCUT2D eigenvalue weighted by Crippen LogP contribution is 2.39. The zero-order chi connectivity index (χ0) is 22.8. The van der Waals surface area contributed by atoms with Gasteiger partial charge in [0, 0.05) is 32.6 Å². The van der Waals surface area contributed by atoms with E-state index in [0.29, 0.717) is 35.9 Å². The molecule has 0 spiro atoms. The first-order valence-electron chi connectivity index (χ1n) is 11.6. The molecular weight excluding hydrogens is 395 g/mol. The van der Waals surface area contributed by atoms with Gasteiger partial charge in [-0.15, -0.1) is 0 Å². The van der Waals surface area contributed by atoms with Crippen molar-refractivity contribution in [1.82, 2.24) is 9.80 Å². The first kappa shape index (κ1) is 24.0. The van der Waals surface area contributed by atoms with Crippen LogP contribution in [0.15, 0.2) is 18.2 Å². The number of amides is 1. The highest BCUT2D eigenvalue weighted by atomic mass is 19.1. The number of benzene rings is 1. The molecule has 1 saturated carbocycles. The number of rotatable bonds is 4. The lowest BCUT2D eigenvalue weighted by Gasteiger charge is -2.42. The lowest BCUT2D eigenvalue weighted by atomic mass is 9.71. The maximum atomic E-state index is 13.6. The number of aliphatic hydroxyl groups is 1. The standard InChI is InChI=1S/C25H39FN2O3/c1-18-14-22(10-11-23(18)26)31-17-25(30)15-27(19(2)29)12-13-28(16-25)21-8-6-20(7-9-21)24(3,4)5/h10-11,14,20-21,30H,6-9,12-13,15-17H2,1-5H3. The van der Waals surface area contributed by atoms with Gasteiger partial charge in [0.15, 0.2) is 0 Å². The summed E-state index contributed by atoms with van der Waals surface area (Å²) in [6.07, 6.45) is 4.64. The Morgan fingerprint density at radius 3 is 2.45 bits per heavy atom. The average molecular weight is 435 g/mol. The topological polar surface area (TPSA) is 53.0 Å². The van der Waals surface area contributed by atoms with Gasteiger partial charge in [-0.25, -0.2) is 4.39 Å². The Morgan fingerprint density at radius 1 is 1.19 bits per heavy atom. The number of carbonyl (C=O) groups excluding carboxylic acids is 1. The Bertz CT molecular complexity index is 771. The van der Waals surface area contributed by atoms with Crippen molar-refractivity contribution < 1.29 is 19.0 Å². The molecule has 1 aliphatic carbocycles. The quantitative estimate of drug-likeness (QED) is 0.778. The fourth-order valence-corrected chi connectivity index (χ4v) is 5.09. The van der Waals surface area contributed by atoms with Gasteiger partial charge >= 0.3 is 0 Å². The molecule has 5 nitrogen and oxygen atoms in total. The van der Waals surface area contributed by atoms with Gasteiger partial charge in [0.2, 0.25) is 5.91 Å². The summed E-state index contributed by atoms with van der Waals surface area (Å²) in [7, 11) is 0. The van der Waals surface area contributed by atoms with Crippen LogP contribution in [-0.2, 0) is 4.79 Å². The summed E-state index contributed by atoms with van der Waals surface area (Å²) in [4.78, 5) is 16.2. The second-order valence-corrected chi connectivity index (χ2v) is 10.7. The van der Waals surface area contributed by atoms with Gasteiger partial charge in [0.1, 0.15) is 23.8 Å². The predicted octanol–water partition coefficient (Wildman–Crippen LogP) is 4.01. The van der Waals surface area contributed by atoms with Crippen LogP contribution in [-0.4, -0.2) is 65.2 Å². The molecule has 1 unspecified atom stereocenters. The Balaban J connectivity index is 1.70. The minimum Gasteiger partial charge on any atom is -0.490 e. The van der Waals surface area contributed by atoms with Gasteiger partial charge in [-0.3, -0.25) is 9.69 Å². The van der Waals surface area contributed by atoms with Crippen molar-refractivity contribution in [3.05, 3.63) is 29.6 Å². The molecule has 1 aliphatic heterocycles. The van der Waals surface area contributed by atoms with Crippen molar-refractivity contribution in [2.24, 2.45) is 11.3 Å². The summed E-state index contributed by atoms with van der Waals surface area (Å²) in [5.41, 5.74) is -0.337. The van der Waals surface area contributed by atoms with Crippen LogP contribution in [0.5, 0.6) is 5.75 Å². The van der Waals surface area contributed by atoms with Gasteiger partial charge < -0.3 is 14.7 Å². The van der Waals surface area contributed by atoms with E-state index in [1.54, 1.807) is 30.9 Å². The normalized spacial score (nSPS) is 28.3. The lowest BCUT2D eigenvalue weighted by molar-refractivity contribution is -0.132. The molecule has 1 aromatic carbocycles. The van der Waals surface area contributed by atoms with Gasteiger partial charge in [-0.1, -0.05) is 20.8 Å². The Kier molecular flexibility index (Phi) is 7.32. The number of carbonyl (C=O) groups is 1. The molecule has 6 heteroatoms. The minimum atomic E-state index is -1.18. The van der Waals surface area contributed by atoms with Crippen LogP contribution in [0.25, 0.3) is 0 Å². The number of β-amino-alcohol motifs (C(OH)–C–C–N with tert-alkyl or cyclic N) is 1. The molecule has 1 heterocycles. The highest BCUT2D eigenvalue weighted by molar-refractivity contribution is 5.73. The van der Waals surface area contributed by atoms with Crippen molar-refractivity contribution in [3.63, 3.8) is 0 Å². The van der Waals surface area contributed by atoms with Gasteiger partial charge in [0.25, 0.3) is 0 Å². The molecule has 31 heavy (non-hydrogen) atoms. The van der Waals surface area contributed by atoms with Gasteiger partial charge in [-0.05, 0) is 67.7 Å². The Hall–Kier alpha value is -1.66. The van der Waals surface area contributed by atoms with E-state index in [9.17, 15) is 14.3 Å².